The number of hydrogen-bond donors (Lipinski definition) is 1. The number of rotatable bonds is 5. The molecule has 0 saturated carbocycles. The average Bonchev–Trinajstić information content (AvgIpc) is 3.22. The highest BCUT2D eigenvalue weighted by atomic mass is 35.5. The van der Waals surface area contributed by atoms with E-state index < -0.39 is 17.6 Å². The molecule has 0 unspecified atom stereocenters. The molecule has 1 N–H and O–H groups in total. The van der Waals surface area contributed by atoms with Gasteiger partial charge in [0.15, 0.2) is 0 Å². The molecule has 0 aliphatic carbocycles. The second kappa shape index (κ2) is 10.7. The maximum Gasteiger partial charge on any atom is 0.326 e. The van der Waals surface area contributed by atoms with Gasteiger partial charge in [-0.05, 0) is 53.6 Å². The van der Waals surface area contributed by atoms with Crippen LogP contribution < -0.4 is 5.32 Å². The molecule has 192 valence electrons. The maximum absolute atomic E-state index is 14.1. The third-order valence-electron chi connectivity index (χ3n) is 6.49. The van der Waals surface area contributed by atoms with E-state index in [9.17, 15) is 23.2 Å². The number of nitrogens with one attached hydrogen (secondary N) is 1. The molecule has 1 amide bonds. The first kappa shape index (κ1) is 25.5. The van der Waals surface area contributed by atoms with Gasteiger partial charge in [-0.25, -0.2) is 18.6 Å². The fourth-order valence-electron chi connectivity index (χ4n) is 4.71. The van der Waals surface area contributed by atoms with Crippen LogP contribution >= 0.6 is 11.6 Å². The first-order valence-electron chi connectivity index (χ1n) is 11.8. The number of nitriles is 1. The molecule has 1 aliphatic heterocycles. The van der Waals surface area contributed by atoms with E-state index >= 15 is 0 Å². The molecule has 0 fully saturated rings. The summed E-state index contributed by atoms with van der Waals surface area (Å²) in [7, 11) is 0. The first-order chi connectivity index (χ1) is 18.3. The summed E-state index contributed by atoms with van der Waals surface area (Å²) >= 11 is 5.70. The maximum atomic E-state index is 14.1. The van der Waals surface area contributed by atoms with Crippen LogP contribution in [0.5, 0.6) is 0 Å². The van der Waals surface area contributed by atoms with Crippen molar-refractivity contribution in [3.8, 4) is 6.07 Å². The topological polar surface area (TPSA) is 74.0 Å². The average molecular weight is 536 g/mol. The van der Waals surface area contributed by atoms with Crippen molar-refractivity contribution in [2.24, 2.45) is 0 Å². The molecular formula is C28H21ClF3N5O. The minimum Gasteiger partial charge on any atom is -0.333 e. The molecule has 4 aromatic rings. The third-order valence-corrected chi connectivity index (χ3v) is 6.70. The highest BCUT2D eigenvalue weighted by Crippen LogP contribution is 2.32. The largest absolute Gasteiger partial charge is 0.333 e. The minimum absolute atomic E-state index is 0.00850. The SMILES string of the molecule is N#Cc1ccc2c(c1)c1c(n2C(=O)NCc2ccnc(F)c2)CCN(C/C=C/c2c(F)cc(Cl)cc2F)C1. The number of aromatic nitrogens is 2. The Kier molecular flexibility index (Phi) is 7.18. The van der Waals surface area contributed by atoms with Crippen molar-refractivity contribution in [1.82, 2.24) is 19.8 Å². The fraction of sp³-hybridized carbons (Fsp3) is 0.179. The van der Waals surface area contributed by atoms with E-state index in [1.807, 2.05) is 0 Å². The lowest BCUT2D eigenvalue weighted by Gasteiger charge is -2.27. The van der Waals surface area contributed by atoms with Crippen molar-refractivity contribution >= 4 is 34.6 Å². The Balaban J connectivity index is 1.40. The number of halogens is 4. The smallest absolute Gasteiger partial charge is 0.326 e. The number of fused-ring (bicyclic) bond motifs is 3. The lowest BCUT2D eigenvalue weighted by molar-refractivity contribution is 0.240. The highest BCUT2D eigenvalue weighted by Gasteiger charge is 2.26. The quantitative estimate of drug-likeness (QED) is 0.327. The summed E-state index contributed by atoms with van der Waals surface area (Å²) < 4.78 is 43.3. The molecule has 6 nitrogen and oxygen atoms in total. The van der Waals surface area contributed by atoms with E-state index in [0.29, 0.717) is 42.7 Å². The van der Waals surface area contributed by atoms with Gasteiger partial charge in [-0.15, -0.1) is 0 Å². The molecule has 0 radical (unpaired) electrons. The number of amides is 1. The van der Waals surface area contributed by atoms with Gasteiger partial charge in [0.25, 0.3) is 0 Å². The van der Waals surface area contributed by atoms with Crippen LogP contribution in [0.3, 0.4) is 0 Å². The van der Waals surface area contributed by atoms with Crippen LogP contribution in [0, 0.1) is 28.9 Å². The summed E-state index contributed by atoms with van der Waals surface area (Å²) in [6.45, 7) is 1.63. The lowest BCUT2D eigenvalue weighted by atomic mass is 10.0. The van der Waals surface area contributed by atoms with Gasteiger partial charge in [-0.1, -0.05) is 23.8 Å². The summed E-state index contributed by atoms with van der Waals surface area (Å²) in [6, 6.07) is 12.0. The van der Waals surface area contributed by atoms with Gasteiger partial charge < -0.3 is 5.32 Å². The van der Waals surface area contributed by atoms with Crippen molar-refractivity contribution in [3.05, 3.63) is 105 Å². The summed E-state index contributed by atoms with van der Waals surface area (Å²) in [6.07, 6.45) is 4.95. The summed E-state index contributed by atoms with van der Waals surface area (Å²) in [5.74, 6) is -2.10. The Bertz CT molecular complexity index is 1600. The number of pyridine rings is 1. The van der Waals surface area contributed by atoms with E-state index in [2.05, 4.69) is 21.3 Å². The summed E-state index contributed by atoms with van der Waals surface area (Å²) in [5, 5.41) is 13.0. The molecule has 2 aromatic heterocycles. The molecule has 38 heavy (non-hydrogen) atoms. The van der Waals surface area contributed by atoms with Crippen LogP contribution in [0.25, 0.3) is 17.0 Å². The van der Waals surface area contributed by atoms with Crippen molar-refractivity contribution in [1.29, 1.82) is 5.26 Å². The second-order valence-electron chi connectivity index (χ2n) is 8.92. The Hall–Kier alpha value is -4.13. The van der Waals surface area contributed by atoms with Crippen LogP contribution in [0.15, 0.2) is 54.7 Å². The minimum atomic E-state index is -0.736. The molecule has 0 saturated heterocycles. The fourth-order valence-corrected chi connectivity index (χ4v) is 4.90. The standard InChI is InChI=1S/C28H21ClF3N5O/c29-19-12-23(30)20(24(31)13-19)2-1-8-36-9-6-26-22(16-36)21-10-17(14-33)3-4-25(21)37(26)28(38)35-15-18-5-7-34-27(32)11-18/h1-5,7,10-13H,6,8-9,15-16H2,(H,35,38)/b2-1+. The normalized spacial score (nSPS) is 13.6. The number of hydrogen-bond acceptors (Lipinski definition) is 4. The van der Waals surface area contributed by atoms with E-state index in [0.717, 1.165) is 28.8 Å². The third kappa shape index (κ3) is 5.14. The van der Waals surface area contributed by atoms with Crippen molar-refractivity contribution in [2.45, 2.75) is 19.5 Å². The molecule has 0 atom stereocenters. The number of carbonyl (C=O) groups excluding carboxylic acids is 1. The second-order valence-corrected chi connectivity index (χ2v) is 9.36. The number of nitrogens with zero attached hydrogens (tertiary/aromatic N) is 4. The molecule has 5 rings (SSSR count). The summed E-state index contributed by atoms with van der Waals surface area (Å²) in [5.41, 5.74) is 3.28. The Morgan fingerprint density at radius 1 is 1.16 bits per heavy atom. The zero-order valence-electron chi connectivity index (χ0n) is 20.0. The molecule has 2 aromatic carbocycles. The zero-order chi connectivity index (χ0) is 26.8. The van der Waals surface area contributed by atoms with E-state index in [1.54, 1.807) is 34.9 Å². The molecule has 1 aliphatic rings. The van der Waals surface area contributed by atoms with Gasteiger partial charge in [0.05, 0.1) is 17.1 Å². The van der Waals surface area contributed by atoms with Gasteiger partial charge in [-0.2, -0.15) is 9.65 Å². The van der Waals surface area contributed by atoms with Crippen LogP contribution in [0.4, 0.5) is 18.0 Å². The van der Waals surface area contributed by atoms with E-state index in [4.69, 9.17) is 11.6 Å². The van der Waals surface area contributed by atoms with Gasteiger partial charge in [0, 0.05) is 60.5 Å². The van der Waals surface area contributed by atoms with Gasteiger partial charge in [0.1, 0.15) is 11.6 Å². The highest BCUT2D eigenvalue weighted by molar-refractivity contribution is 6.30. The van der Waals surface area contributed by atoms with Crippen LogP contribution in [0.2, 0.25) is 5.02 Å². The molecular weight excluding hydrogens is 515 g/mol. The van der Waals surface area contributed by atoms with Crippen molar-refractivity contribution in [3.63, 3.8) is 0 Å². The zero-order valence-corrected chi connectivity index (χ0v) is 20.8. The van der Waals surface area contributed by atoms with Gasteiger partial charge in [-0.3, -0.25) is 9.47 Å². The number of benzene rings is 2. The Morgan fingerprint density at radius 3 is 2.68 bits per heavy atom. The van der Waals surface area contributed by atoms with Gasteiger partial charge in [0.2, 0.25) is 5.95 Å². The van der Waals surface area contributed by atoms with Crippen LogP contribution in [-0.4, -0.2) is 33.6 Å². The van der Waals surface area contributed by atoms with E-state index in [1.165, 1.54) is 18.3 Å². The first-order valence-corrected chi connectivity index (χ1v) is 12.2. The predicted octanol–water partition coefficient (Wildman–Crippen LogP) is 5.81. The van der Waals surface area contributed by atoms with Crippen molar-refractivity contribution in [2.75, 3.05) is 13.1 Å². The Labute approximate surface area is 221 Å². The Morgan fingerprint density at radius 2 is 1.95 bits per heavy atom. The lowest BCUT2D eigenvalue weighted by Crippen LogP contribution is -2.34. The van der Waals surface area contributed by atoms with Crippen molar-refractivity contribution < 1.29 is 18.0 Å². The predicted molar refractivity (Wildman–Crippen MR) is 138 cm³/mol. The monoisotopic (exact) mass is 535 g/mol. The summed E-state index contributed by atoms with van der Waals surface area (Å²) in [4.78, 5) is 18.9. The van der Waals surface area contributed by atoms with Crippen LogP contribution in [0.1, 0.15) is 27.9 Å². The molecule has 10 heteroatoms. The van der Waals surface area contributed by atoms with Gasteiger partial charge >= 0.3 is 6.03 Å². The molecule has 0 spiro atoms. The number of carbonyl (C=O) groups is 1. The molecule has 3 heterocycles. The van der Waals surface area contributed by atoms with Crippen LogP contribution in [-0.2, 0) is 19.5 Å². The molecule has 0 bridgehead atoms. The van der Waals surface area contributed by atoms with E-state index in [-0.39, 0.29) is 23.2 Å².